The minimum Gasteiger partial charge on any atom is -0.480 e. The standard InChI is InChI=1S/C13H21N3O3/c1-4-7-19-11-5-6-14-13(15-11)16(8-10(2)3)9-12(17)18/h5-6,10H,4,7-9H2,1-3H3,(H,17,18). The molecule has 0 radical (unpaired) electrons. The highest BCUT2D eigenvalue weighted by molar-refractivity contribution is 5.72. The van der Waals surface area contributed by atoms with Gasteiger partial charge in [-0.25, -0.2) is 4.98 Å². The van der Waals surface area contributed by atoms with Gasteiger partial charge in [-0.1, -0.05) is 20.8 Å². The Morgan fingerprint density at radius 1 is 1.53 bits per heavy atom. The Kier molecular flexibility index (Phi) is 6.05. The molecule has 0 bridgehead atoms. The van der Waals surface area contributed by atoms with Crippen LogP contribution in [0.25, 0.3) is 0 Å². The Labute approximate surface area is 113 Å². The van der Waals surface area contributed by atoms with Crippen LogP contribution in [-0.4, -0.2) is 40.7 Å². The summed E-state index contributed by atoms with van der Waals surface area (Å²) in [5, 5.41) is 8.94. The van der Waals surface area contributed by atoms with Gasteiger partial charge in [0.1, 0.15) is 6.54 Å². The summed E-state index contributed by atoms with van der Waals surface area (Å²) in [5.74, 6) is 0.294. The van der Waals surface area contributed by atoms with Crippen molar-refractivity contribution in [2.45, 2.75) is 27.2 Å². The SMILES string of the molecule is CCCOc1ccnc(N(CC(=O)O)CC(C)C)n1. The van der Waals surface area contributed by atoms with Crippen LogP contribution in [0.15, 0.2) is 12.3 Å². The molecule has 1 heterocycles. The molecule has 106 valence electrons. The summed E-state index contributed by atoms with van der Waals surface area (Å²) in [7, 11) is 0. The molecule has 0 aromatic carbocycles. The van der Waals surface area contributed by atoms with E-state index in [0.29, 0.717) is 30.9 Å². The van der Waals surface area contributed by atoms with Gasteiger partial charge in [-0.3, -0.25) is 4.79 Å². The summed E-state index contributed by atoms with van der Waals surface area (Å²) in [6.07, 6.45) is 2.48. The summed E-state index contributed by atoms with van der Waals surface area (Å²) in [6.45, 7) is 7.11. The fourth-order valence-corrected chi connectivity index (χ4v) is 1.59. The topological polar surface area (TPSA) is 75.5 Å². The number of carbonyl (C=O) groups is 1. The van der Waals surface area contributed by atoms with Crippen molar-refractivity contribution in [3.05, 3.63) is 12.3 Å². The van der Waals surface area contributed by atoms with Crippen LogP contribution in [0.1, 0.15) is 27.2 Å². The maximum absolute atomic E-state index is 10.9. The number of aliphatic carboxylic acids is 1. The van der Waals surface area contributed by atoms with E-state index in [1.165, 1.54) is 0 Å². The molecule has 0 atom stereocenters. The average molecular weight is 267 g/mol. The molecule has 6 nitrogen and oxygen atoms in total. The number of hydrogen-bond donors (Lipinski definition) is 1. The van der Waals surface area contributed by atoms with E-state index in [-0.39, 0.29) is 6.54 Å². The third-order valence-corrected chi connectivity index (χ3v) is 2.27. The second-order valence-corrected chi connectivity index (χ2v) is 4.71. The summed E-state index contributed by atoms with van der Waals surface area (Å²) < 4.78 is 5.43. The zero-order chi connectivity index (χ0) is 14.3. The third-order valence-electron chi connectivity index (χ3n) is 2.27. The van der Waals surface area contributed by atoms with Crippen molar-refractivity contribution >= 4 is 11.9 Å². The molecule has 0 aliphatic rings. The Bertz CT molecular complexity index is 410. The highest BCUT2D eigenvalue weighted by Crippen LogP contribution is 2.14. The first-order valence-electron chi connectivity index (χ1n) is 6.45. The second kappa shape index (κ2) is 7.56. The number of anilines is 1. The highest BCUT2D eigenvalue weighted by atomic mass is 16.5. The van der Waals surface area contributed by atoms with Crippen LogP contribution >= 0.6 is 0 Å². The van der Waals surface area contributed by atoms with Crippen LogP contribution in [0.2, 0.25) is 0 Å². The first-order valence-corrected chi connectivity index (χ1v) is 6.45. The van der Waals surface area contributed by atoms with Gasteiger partial charge in [0.2, 0.25) is 11.8 Å². The van der Waals surface area contributed by atoms with Gasteiger partial charge >= 0.3 is 5.97 Å². The van der Waals surface area contributed by atoms with E-state index in [4.69, 9.17) is 9.84 Å². The summed E-state index contributed by atoms with van der Waals surface area (Å²) in [6, 6.07) is 1.67. The number of carboxylic acid groups (broad SMARTS) is 1. The molecule has 1 aromatic rings. The van der Waals surface area contributed by atoms with E-state index >= 15 is 0 Å². The Morgan fingerprint density at radius 2 is 2.26 bits per heavy atom. The Morgan fingerprint density at radius 3 is 2.84 bits per heavy atom. The molecule has 0 amide bonds. The predicted molar refractivity (Wildman–Crippen MR) is 72.5 cm³/mol. The number of rotatable bonds is 8. The molecular formula is C13H21N3O3. The smallest absolute Gasteiger partial charge is 0.323 e. The maximum Gasteiger partial charge on any atom is 0.323 e. The van der Waals surface area contributed by atoms with Crippen LogP contribution in [0.5, 0.6) is 5.88 Å². The molecule has 0 saturated carbocycles. The third kappa shape index (κ3) is 5.54. The zero-order valence-electron chi connectivity index (χ0n) is 11.7. The molecule has 19 heavy (non-hydrogen) atoms. The van der Waals surface area contributed by atoms with Gasteiger partial charge in [-0.15, -0.1) is 0 Å². The molecule has 1 rings (SSSR count). The van der Waals surface area contributed by atoms with Crippen LogP contribution in [0, 0.1) is 5.92 Å². The molecule has 0 aliphatic heterocycles. The van der Waals surface area contributed by atoms with Crippen molar-refractivity contribution in [2.75, 3.05) is 24.6 Å². The van der Waals surface area contributed by atoms with Crippen LogP contribution in [-0.2, 0) is 4.79 Å². The molecule has 1 N–H and O–H groups in total. The lowest BCUT2D eigenvalue weighted by Crippen LogP contribution is -2.34. The van der Waals surface area contributed by atoms with Crippen LogP contribution in [0.3, 0.4) is 0 Å². The zero-order valence-corrected chi connectivity index (χ0v) is 11.7. The van der Waals surface area contributed by atoms with E-state index in [1.54, 1.807) is 17.2 Å². The predicted octanol–water partition coefficient (Wildman–Crippen LogP) is 1.81. The van der Waals surface area contributed by atoms with Crippen LogP contribution in [0.4, 0.5) is 5.95 Å². The lowest BCUT2D eigenvalue weighted by molar-refractivity contribution is -0.135. The maximum atomic E-state index is 10.9. The first kappa shape index (κ1) is 15.2. The largest absolute Gasteiger partial charge is 0.480 e. The Hall–Kier alpha value is -1.85. The van der Waals surface area contributed by atoms with Gasteiger partial charge in [0.05, 0.1) is 6.61 Å². The number of ether oxygens (including phenoxy) is 1. The molecule has 0 saturated heterocycles. The summed E-state index contributed by atoms with van der Waals surface area (Å²) >= 11 is 0. The van der Waals surface area contributed by atoms with Crippen molar-refractivity contribution in [2.24, 2.45) is 5.92 Å². The fraction of sp³-hybridized carbons (Fsp3) is 0.615. The summed E-state index contributed by atoms with van der Waals surface area (Å²) in [4.78, 5) is 20.9. The van der Waals surface area contributed by atoms with Gasteiger partial charge in [-0.05, 0) is 12.3 Å². The van der Waals surface area contributed by atoms with Gasteiger partial charge in [0, 0.05) is 18.8 Å². The fourth-order valence-electron chi connectivity index (χ4n) is 1.59. The van der Waals surface area contributed by atoms with Crippen LogP contribution < -0.4 is 9.64 Å². The second-order valence-electron chi connectivity index (χ2n) is 4.71. The quantitative estimate of drug-likeness (QED) is 0.774. The lowest BCUT2D eigenvalue weighted by atomic mass is 10.2. The normalized spacial score (nSPS) is 10.5. The molecule has 1 aromatic heterocycles. The van der Waals surface area contributed by atoms with E-state index in [2.05, 4.69) is 9.97 Å². The monoisotopic (exact) mass is 267 g/mol. The molecule has 0 fully saturated rings. The number of carboxylic acids is 1. The highest BCUT2D eigenvalue weighted by Gasteiger charge is 2.15. The first-order chi connectivity index (χ1) is 9.02. The van der Waals surface area contributed by atoms with Crippen molar-refractivity contribution in [3.63, 3.8) is 0 Å². The van der Waals surface area contributed by atoms with Gasteiger partial charge < -0.3 is 14.7 Å². The van der Waals surface area contributed by atoms with Crippen molar-refractivity contribution in [1.29, 1.82) is 0 Å². The van der Waals surface area contributed by atoms with Gasteiger partial charge in [0.25, 0.3) is 0 Å². The van der Waals surface area contributed by atoms with Gasteiger partial charge in [0.15, 0.2) is 0 Å². The number of hydrogen-bond acceptors (Lipinski definition) is 5. The molecular weight excluding hydrogens is 246 g/mol. The van der Waals surface area contributed by atoms with Crippen molar-refractivity contribution in [1.82, 2.24) is 9.97 Å². The van der Waals surface area contributed by atoms with E-state index in [1.807, 2.05) is 20.8 Å². The molecule has 0 spiro atoms. The lowest BCUT2D eigenvalue weighted by Gasteiger charge is -2.22. The van der Waals surface area contributed by atoms with E-state index in [9.17, 15) is 4.79 Å². The number of aromatic nitrogens is 2. The minimum atomic E-state index is -0.899. The Balaban J connectivity index is 2.84. The summed E-state index contributed by atoms with van der Waals surface area (Å²) in [5.41, 5.74) is 0. The minimum absolute atomic E-state index is 0.116. The van der Waals surface area contributed by atoms with Crippen molar-refractivity contribution in [3.8, 4) is 5.88 Å². The molecule has 6 heteroatoms. The van der Waals surface area contributed by atoms with E-state index in [0.717, 1.165) is 6.42 Å². The van der Waals surface area contributed by atoms with Crippen molar-refractivity contribution < 1.29 is 14.6 Å². The average Bonchev–Trinajstić information content (AvgIpc) is 2.35. The van der Waals surface area contributed by atoms with Gasteiger partial charge in [-0.2, -0.15) is 4.98 Å². The molecule has 0 aliphatic carbocycles. The number of nitrogens with zero attached hydrogens (tertiary/aromatic N) is 3. The van der Waals surface area contributed by atoms with E-state index < -0.39 is 5.97 Å². The molecule has 0 unspecified atom stereocenters.